The Morgan fingerprint density at radius 3 is 0.711 bits per heavy atom. The zero-order chi connectivity index (χ0) is 25.8. The van der Waals surface area contributed by atoms with Crippen LogP contribution in [0.1, 0.15) is 0 Å². The summed E-state index contributed by atoms with van der Waals surface area (Å²) in [7, 11) is -0.0146. The predicted molar refractivity (Wildman–Crippen MR) is 165 cm³/mol. The molecule has 0 unspecified atom stereocenters. The van der Waals surface area contributed by atoms with Gasteiger partial charge in [0.1, 0.15) is 0 Å². The number of hydrogen-bond acceptors (Lipinski definition) is 0. The zero-order valence-electron chi connectivity index (χ0n) is 21.3. The molecule has 0 heterocycles. The van der Waals surface area contributed by atoms with Crippen LogP contribution in [-0.4, -0.2) is 6.71 Å². The van der Waals surface area contributed by atoms with E-state index in [9.17, 15) is 0 Å². The van der Waals surface area contributed by atoms with Crippen molar-refractivity contribution >= 4 is 34.0 Å². The Kier molecular flexibility index (Phi) is 8.90. The summed E-state index contributed by atoms with van der Waals surface area (Å²) in [6.45, 7) is 0.309. The van der Waals surface area contributed by atoms with E-state index in [1.807, 2.05) is 0 Å². The molecule has 0 fully saturated rings. The fourth-order valence-electron chi connectivity index (χ4n) is 4.59. The fraction of sp³-hybridized carbons (Fsp3) is 0. The van der Waals surface area contributed by atoms with E-state index in [2.05, 4.69) is 182 Å². The SMILES string of the molecule is c1ccc(B(c2ccccc2)c2ccccc2)cc1.c1ccc([S+](c2ccccc2)c2ccccc2)cc1. The van der Waals surface area contributed by atoms with Gasteiger partial charge >= 0.3 is 0 Å². The lowest BCUT2D eigenvalue weighted by molar-refractivity contribution is 1.32. The molecule has 6 rings (SSSR count). The number of hydrogen-bond donors (Lipinski definition) is 0. The predicted octanol–water partition coefficient (Wildman–Crippen LogP) is 6.98. The lowest BCUT2D eigenvalue weighted by Gasteiger charge is -2.15. The molecule has 0 atom stereocenters. The van der Waals surface area contributed by atoms with Gasteiger partial charge in [-0.2, -0.15) is 0 Å². The Balaban J connectivity index is 0.000000155. The van der Waals surface area contributed by atoms with Crippen molar-refractivity contribution in [2.24, 2.45) is 0 Å². The molecule has 0 radical (unpaired) electrons. The highest BCUT2D eigenvalue weighted by molar-refractivity contribution is 7.97. The van der Waals surface area contributed by atoms with Crippen molar-refractivity contribution in [2.75, 3.05) is 0 Å². The fourth-order valence-corrected chi connectivity index (χ4v) is 6.70. The second-order valence-corrected chi connectivity index (χ2v) is 10.9. The first-order valence-corrected chi connectivity index (χ1v) is 14.2. The summed E-state index contributed by atoms with van der Waals surface area (Å²) in [5, 5.41) is 0. The van der Waals surface area contributed by atoms with Gasteiger partial charge in [-0.3, -0.25) is 0 Å². The first kappa shape index (κ1) is 25.4. The summed E-state index contributed by atoms with van der Waals surface area (Å²) >= 11 is 0. The van der Waals surface area contributed by atoms with Crippen molar-refractivity contribution in [3.8, 4) is 0 Å². The van der Waals surface area contributed by atoms with Crippen LogP contribution in [-0.2, 0) is 10.9 Å². The molecule has 38 heavy (non-hydrogen) atoms. The van der Waals surface area contributed by atoms with Crippen LogP contribution in [0.2, 0.25) is 0 Å². The molecule has 0 bridgehead atoms. The average molecular weight is 506 g/mol. The van der Waals surface area contributed by atoms with E-state index < -0.39 is 0 Å². The minimum absolute atomic E-state index is 0.0146. The maximum Gasteiger partial charge on any atom is 0.241 e. The summed E-state index contributed by atoms with van der Waals surface area (Å²) in [5.74, 6) is 0. The first-order chi connectivity index (χ1) is 18.9. The van der Waals surface area contributed by atoms with Crippen molar-refractivity contribution in [3.63, 3.8) is 0 Å². The van der Waals surface area contributed by atoms with Crippen molar-refractivity contribution in [3.05, 3.63) is 182 Å². The zero-order valence-corrected chi connectivity index (χ0v) is 22.1. The molecular weight excluding hydrogens is 475 g/mol. The molecule has 2 heteroatoms. The molecular formula is C36H30BS+. The second-order valence-electron chi connectivity index (χ2n) is 8.91. The first-order valence-electron chi connectivity index (χ1n) is 12.9. The third kappa shape index (κ3) is 6.53. The Labute approximate surface area is 230 Å². The maximum absolute atomic E-state index is 2.21. The molecule has 0 nitrogen and oxygen atoms in total. The summed E-state index contributed by atoms with van der Waals surface area (Å²) < 4.78 is 0. The Morgan fingerprint density at radius 1 is 0.263 bits per heavy atom. The molecule has 0 N–H and O–H groups in total. The molecule has 0 spiro atoms. The smallest absolute Gasteiger partial charge is 0.0687 e. The summed E-state index contributed by atoms with van der Waals surface area (Å²) in [5.41, 5.74) is 4.00. The Morgan fingerprint density at radius 2 is 0.474 bits per heavy atom. The summed E-state index contributed by atoms with van der Waals surface area (Å²) in [6.07, 6.45) is 0. The van der Waals surface area contributed by atoms with Crippen molar-refractivity contribution in [1.82, 2.24) is 0 Å². The Hall–Kier alpha value is -4.27. The van der Waals surface area contributed by atoms with Crippen LogP contribution in [0, 0.1) is 0 Å². The lowest BCUT2D eigenvalue weighted by Crippen LogP contribution is -2.51. The van der Waals surface area contributed by atoms with Crippen LogP contribution >= 0.6 is 0 Å². The third-order valence-electron chi connectivity index (χ3n) is 6.34. The normalized spacial score (nSPS) is 10.3. The van der Waals surface area contributed by atoms with Gasteiger partial charge in [-0.05, 0) is 36.4 Å². The van der Waals surface area contributed by atoms with E-state index >= 15 is 0 Å². The van der Waals surface area contributed by atoms with Crippen LogP contribution < -0.4 is 16.4 Å². The van der Waals surface area contributed by atoms with Crippen molar-refractivity contribution in [2.45, 2.75) is 14.7 Å². The molecule has 182 valence electrons. The van der Waals surface area contributed by atoms with E-state index in [1.165, 1.54) is 31.1 Å². The van der Waals surface area contributed by atoms with E-state index in [0.717, 1.165) is 0 Å². The highest BCUT2D eigenvalue weighted by atomic mass is 32.2. The van der Waals surface area contributed by atoms with E-state index in [4.69, 9.17) is 0 Å². The number of benzene rings is 6. The molecule has 0 saturated heterocycles. The highest BCUT2D eigenvalue weighted by Gasteiger charge is 2.27. The van der Waals surface area contributed by atoms with Gasteiger partial charge in [-0.1, -0.05) is 162 Å². The van der Waals surface area contributed by atoms with Gasteiger partial charge in [0.15, 0.2) is 14.7 Å². The minimum atomic E-state index is -0.0146. The van der Waals surface area contributed by atoms with E-state index in [0.29, 0.717) is 6.71 Å². The van der Waals surface area contributed by atoms with Crippen LogP contribution in [0.25, 0.3) is 0 Å². The quantitative estimate of drug-likeness (QED) is 0.169. The van der Waals surface area contributed by atoms with Crippen LogP contribution in [0.4, 0.5) is 0 Å². The maximum atomic E-state index is 2.21. The molecule has 0 saturated carbocycles. The van der Waals surface area contributed by atoms with Crippen LogP contribution in [0.15, 0.2) is 197 Å². The Bertz CT molecular complexity index is 1170. The molecule has 0 aromatic heterocycles. The third-order valence-corrected chi connectivity index (χ3v) is 8.57. The molecule has 0 aliphatic rings. The van der Waals surface area contributed by atoms with Crippen molar-refractivity contribution < 1.29 is 0 Å². The topological polar surface area (TPSA) is 0 Å². The largest absolute Gasteiger partial charge is 0.241 e. The highest BCUT2D eigenvalue weighted by Crippen LogP contribution is 2.30. The second kappa shape index (κ2) is 13.3. The van der Waals surface area contributed by atoms with Gasteiger partial charge in [0.05, 0.1) is 10.9 Å². The van der Waals surface area contributed by atoms with Gasteiger partial charge in [0, 0.05) is 0 Å². The number of rotatable bonds is 6. The molecule has 0 amide bonds. The van der Waals surface area contributed by atoms with Gasteiger partial charge < -0.3 is 0 Å². The summed E-state index contributed by atoms with van der Waals surface area (Å²) in [6, 6.07) is 64.2. The standard InChI is InChI=1S/C18H15B.C18H15S/c2*1-4-10-16(11-5-1)19(17-12-6-2-7-13-17)18-14-8-3-9-15-18/h2*1-15H/q;+1. The molecule has 0 aliphatic carbocycles. The lowest BCUT2D eigenvalue weighted by atomic mass is 9.37. The van der Waals surface area contributed by atoms with Crippen LogP contribution in [0.5, 0.6) is 0 Å². The van der Waals surface area contributed by atoms with Gasteiger partial charge in [-0.25, -0.2) is 0 Å². The van der Waals surface area contributed by atoms with E-state index in [1.54, 1.807) is 0 Å². The van der Waals surface area contributed by atoms with Gasteiger partial charge in [0.2, 0.25) is 6.71 Å². The monoisotopic (exact) mass is 505 g/mol. The van der Waals surface area contributed by atoms with Crippen LogP contribution in [0.3, 0.4) is 0 Å². The minimum Gasteiger partial charge on any atom is -0.0687 e. The molecule has 6 aromatic carbocycles. The molecule has 0 aliphatic heterocycles. The molecule has 6 aromatic rings. The van der Waals surface area contributed by atoms with Gasteiger partial charge in [-0.15, -0.1) is 0 Å². The van der Waals surface area contributed by atoms with Crippen molar-refractivity contribution in [1.29, 1.82) is 0 Å². The van der Waals surface area contributed by atoms with E-state index in [-0.39, 0.29) is 10.9 Å². The van der Waals surface area contributed by atoms with Gasteiger partial charge in [0.25, 0.3) is 0 Å². The summed E-state index contributed by atoms with van der Waals surface area (Å²) in [4.78, 5) is 4.08. The average Bonchev–Trinajstić information content (AvgIpc) is 3.01.